The molecule has 1 rings (SSSR count). The number of hydrogen-bond donors (Lipinski definition) is 2. The molecule has 0 atom stereocenters. The summed E-state index contributed by atoms with van der Waals surface area (Å²) in [4.78, 5) is 21.1. The van der Waals surface area contributed by atoms with Crippen molar-refractivity contribution in [3.63, 3.8) is 0 Å². The smallest absolute Gasteiger partial charge is 0.305 e. The maximum Gasteiger partial charge on any atom is 0.305 e. The highest BCUT2D eigenvalue weighted by Crippen LogP contribution is 2.32. The second kappa shape index (κ2) is 3.35. The van der Waals surface area contributed by atoms with Gasteiger partial charge >= 0.3 is 5.97 Å². The van der Waals surface area contributed by atoms with Gasteiger partial charge in [-0.1, -0.05) is 0 Å². The number of rotatable bonds is 3. The summed E-state index contributed by atoms with van der Waals surface area (Å²) in [5.41, 5.74) is -0.470. The molecule has 0 aromatic carbocycles. The van der Waals surface area contributed by atoms with Crippen LogP contribution in [0, 0.1) is 0 Å². The van der Waals surface area contributed by atoms with Crippen LogP contribution in [0.5, 0.6) is 0 Å². The Bertz CT molecular complexity index is 195. The number of aliphatic carboxylic acids is 1. The van der Waals surface area contributed by atoms with Gasteiger partial charge in [0.05, 0.1) is 12.0 Å². The van der Waals surface area contributed by atoms with Crippen molar-refractivity contribution in [1.29, 1.82) is 0 Å². The summed E-state index contributed by atoms with van der Waals surface area (Å²) in [6, 6.07) is 0. The minimum atomic E-state index is -0.857. The minimum Gasteiger partial charge on any atom is -0.481 e. The van der Waals surface area contributed by atoms with Crippen molar-refractivity contribution >= 4 is 23.6 Å². The number of carboxylic acids is 1. The summed E-state index contributed by atoms with van der Waals surface area (Å²) in [7, 11) is 0. The molecule has 0 saturated carbocycles. The number of hydrogen-bond acceptors (Lipinski definition) is 3. The van der Waals surface area contributed by atoms with E-state index in [-0.39, 0.29) is 12.3 Å². The molecule has 0 unspecified atom stereocenters. The average molecular weight is 189 g/mol. The quantitative estimate of drug-likeness (QED) is 0.660. The predicted octanol–water partition coefficient (Wildman–Crippen LogP) is 0.0828. The van der Waals surface area contributed by atoms with Crippen molar-refractivity contribution in [2.45, 2.75) is 18.9 Å². The van der Waals surface area contributed by atoms with Gasteiger partial charge in [-0.15, -0.1) is 0 Å². The zero-order valence-corrected chi connectivity index (χ0v) is 7.61. The molecule has 0 bridgehead atoms. The Morgan fingerprint density at radius 1 is 1.58 bits per heavy atom. The summed E-state index contributed by atoms with van der Waals surface area (Å²) in [5, 5.41) is 11.2. The predicted molar refractivity (Wildman–Crippen MR) is 46.1 cm³/mol. The molecule has 0 aliphatic carbocycles. The number of nitrogens with one attached hydrogen (secondary N) is 1. The highest BCUT2D eigenvalue weighted by molar-refractivity contribution is 8.00. The number of carboxylic acid groups (broad SMARTS) is 1. The SMILES string of the molecule is CC(=O)NC1(CC(=O)O)CSC1. The summed E-state index contributed by atoms with van der Waals surface area (Å²) in [5.74, 6) is 0.401. The topological polar surface area (TPSA) is 66.4 Å². The molecule has 1 heterocycles. The molecular weight excluding hydrogens is 178 g/mol. The molecule has 1 aliphatic heterocycles. The molecule has 1 aliphatic rings. The van der Waals surface area contributed by atoms with Crippen LogP contribution in [-0.2, 0) is 9.59 Å². The Morgan fingerprint density at radius 3 is 2.42 bits per heavy atom. The molecule has 12 heavy (non-hydrogen) atoms. The molecule has 1 amide bonds. The van der Waals surface area contributed by atoms with E-state index in [0.29, 0.717) is 11.5 Å². The number of carbonyl (C=O) groups is 2. The zero-order chi connectivity index (χ0) is 9.19. The molecule has 0 aromatic heterocycles. The Balaban J connectivity index is 2.50. The first-order valence-electron chi connectivity index (χ1n) is 3.62. The number of amides is 1. The lowest BCUT2D eigenvalue weighted by Crippen LogP contribution is -2.58. The Labute approximate surface area is 74.7 Å². The van der Waals surface area contributed by atoms with Crippen LogP contribution in [0.4, 0.5) is 0 Å². The van der Waals surface area contributed by atoms with E-state index in [4.69, 9.17) is 5.11 Å². The van der Waals surface area contributed by atoms with Crippen LogP contribution in [0.15, 0.2) is 0 Å². The summed E-state index contributed by atoms with van der Waals surface area (Å²) in [6.07, 6.45) is 0.0274. The second-order valence-electron chi connectivity index (χ2n) is 3.02. The van der Waals surface area contributed by atoms with Gasteiger partial charge in [0, 0.05) is 18.4 Å². The van der Waals surface area contributed by atoms with E-state index in [1.165, 1.54) is 6.92 Å². The van der Waals surface area contributed by atoms with Crippen LogP contribution >= 0.6 is 11.8 Å². The third kappa shape index (κ3) is 2.14. The summed E-state index contributed by atoms with van der Waals surface area (Å²) >= 11 is 1.65. The summed E-state index contributed by atoms with van der Waals surface area (Å²) in [6.45, 7) is 1.41. The van der Waals surface area contributed by atoms with Crippen molar-refractivity contribution in [3.05, 3.63) is 0 Å². The van der Waals surface area contributed by atoms with Crippen LogP contribution in [0.25, 0.3) is 0 Å². The lowest BCUT2D eigenvalue weighted by Gasteiger charge is -2.40. The van der Waals surface area contributed by atoms with E-state index in [0.717, 1.165) is 0 Å². The Kier molecular flexibility index (Phi) is 2.62. The zero-order valence-electron chi connectivity index (χ0n) is 6.79. The Hall–Kier alpha value is -0.710. The molecule has 2 N–H and O–H groups in total. The summed E-state index contributed by atoms with van der Waals surface area (Å²) < 4.78 is 0. The van der Waals surface area contributed by atoms with Crippen LogP contribution in [0.3, 0.4) is 0 Å². The van der Waals surface area contributed by atoms with Gasteiger partial charge in [0.15, 0.2) is 0 Å². The molecule has 68 valence electrons. The first kappa shape index (κ1) is 9.38. The molecule has 0 spiro atoms. The number of thioether (sulfide) groups is 1. The van der Waals surface area contributed by atoms with Crippen LogP contribution in [0.1, 0.15) is 13.3 Å². The first-order valence-corrected chi connectivity index (χ1v) is 4.78. The van der Waals surface area contributed by atoms with Gasteiger partial charge in [-0.3, -0.25) is 9.59 Å². The molecule has 1 fully saturated rings. The van der Waals surface area contributed by atoms with Gasteiger partial charge in [-0.05, 0) is 0 Å². The maximum absolute atomic E-state index is 10.7. The van der Waals surface area contributed by atoms with E-state index in [1.54, 1.807) is 11.8 Å². The molecule has 4 nitrogen and oxygen atoms in total. The van der Waals surface area contributed by atoms with Crippen LogP contribution < -0.4 is 5.32 Å². The third-order valence-corrected chi connectivity index (χ3v) is 3.20. The maximum atomic E-state index is 10.7. The molecule has 0 radical (unpaired) electrons. The lowest BCUT2D eigenvalue weighted by molar-refractivity contribution is -0.138. The lowest BCUT2D eigenvalue weighted by atomic mass is 9.99. The fraction of sp³-hybridized carbons (Fsp3) is 0.714. The van der Waals surface area contributed by atoms with Gasteiger partial charge in [0.2, 0.25) is 5.91 Å². The normalized spacial score (nSPS) is 19.4. The standard InChI is InChI=1S/C7H11NO3S/c1-5(9)8-7(2-6(10)11)3-12-4-7/h2-4H2,1H3,(H,8,9)(H,10,11). The van der Waals surface area contributed by atoms with E-state index >= 15 is 0 Å². The van der Waals surface area contributed by atoms with Gasteiger partial charge in [0.1, 0.15) is 0 Å². The van der Waals surface area contributed by atoms with E-state index in [2.05, 4.69) is 5.32 Å². The fourth-order valence-corrected chi connectivity index (χ4v) is 2.28. The molecule has 1 saturated heterocycles. The molecular formula is C7H11NO3S. The van der Waals surface area contributed by atoms with Gasteiger partial charge in [-0.25, -0.2) is 0 Å². The Morgan fingerprint density at radius 2 is 2.17 bits per heavy atom. The molecule has 5 heteroatoms. The average Bonchev–Trinajstić information content (AvgIpc) is 1.80. The van der Waals surface area contributed by atoms with Crippen LogP contribution in [0.2, 0.25) is 0 Å². The van der Waals surface area contributed by atoms with Crippen LogP contribution in [-0.4, -0.2) is 34.0 Å². The highest BCUT2D eigenvalue weighted by atomic mass is 32.2. The van der Waals surface area contributed by atoms with Gasteiger partial charge in [0.25, 0.3) is 0 Å². The van der Waals surface area contributed by atoms with Gasteiger partial charge < -0.3 is 10.4 Å². The monoisotopic (exact) mass is 189 g/mol. The highest BCUT2D eigenvalue weighted by Gasteiger charge is 2.40. The van der Waals surface area contributed by atoms with Crippen molar-refractivity contribution in [2.24, 2.45) is 0 Å². The fourth-order valence-electron chi connectivity index (χ4n) is 1.23. The van der Waals surface area contributed by atoms with E-state index in [1.807, 2.05) is 0 Å². The van der Waals surface area contributed by atoms with Gasteiger partial charge in [-0.2, -0.15) is 11.8 Å². The third-order valence-electron chi connectivity index (χ3n) is 1.69. The van der Waals surface area contributed by atoms with E-state index in [9.17, 15) is 9.59 Å². The first-order chi connectivity index (χ1) is 5.54. The van der Waals surface area contributed by atoms with E-state index < -0.39 is 11.5 Å². The number of carbonyl (C=O) groups excluding carboxylic acids is 1. The van der Waals surface area contributed by atoms with Crippen molar-refractivity contribution in [2.75, 3.05) is 11.5 Å². The molecule has 0 aromatic rings. The van der Waals surface area contributed by atoms with Crippen molar-refractivity contribution in [1.82, 2.24) is 5.32 Å². The minimum absolute atomic E-state index is 0.0274. The largest absolute Gasteiger partial charge is 0.481 e. The van der Waals surface area contributed by atoms with Crippen molar-refractivity contribution < 1.29 is 14.7 Å². The van der Waals surface area contributed by atoms with Crippen molar-refractivity contribution in [3.8, 4) is 0 Å². The second-order valence-corrected chi connectivity index (χ2v) is 4.01.